The normalized spacial score (nSPS) is 23.6. The zero-order valence-electron chi connectivity index (χ0n) is 11.0. The molecule has 1 aromatic rings. The fourth-order valence-corrected chi connectivity index (χ4v) is 2.66. The van der Waals surface area contributed by atoms with Crippen molar-refractivity contribution in [1.82, 2.24) is 0 Å². The molecule has 1 N–H and O–H groups in total. The summed E-state index contributed by atoms with van der Waals surface area (Å²) in [5.74, 6) is 0.0835. The number of rotatable bonds is 4. The van der Waals surface area contributed by atoms with Crippen LogP contribution in [0.25, 0.3) is 0 Å². The highest BCUT2D eigenvalue weighted by Crippen LogP contribution is 2.10. The summed E-state index contributed by atoms with van der Waals surface area (Å²) in [5, 5.41) is 0. The van der Waals surface area contributed by atoms with E-state index in [0.717, 1.165) is 32.5 Å². The van der Waals surface area contributed by atoms with Crippen LogP contribution < -0.4 is 4.90 Å². The molecule has 0 spiro atoms. The lowest BCUT2D eigenvalue weighted by molar-refractivity contribution is -0.921. The van der Waals surface area contributed by atoms with Gasteiger partial charge in [0.25, 0.3) is 0 Å². The van der Waals surface area contributed by atoms with Gasteiger partial charge in [-0.05, 0) is 19.8 Å². The minimum Gasteiger partial charge on any atom is -0.466 e. The molecule has 1 aliphatic rings. The van der Waals surface area contributed by atoms with E-state index in [0.29, 0.717) is 6.61 Å². The van der Waals surface area contributed by atoms with Crippen LogP contribution in [0.4, 0.5) is 0 Å². The molecule has 1 heterocycles. The summed E-state index contributed by atoms with van der Waals surface area (Å²) in [5.41, 5.74) is 1.34. The number of esters is 1. The SMILES string of the molecule is CCOC(=O)[C@H]1CCC[NH+](Cc2ccccc2)C1. The van der Waals surface area contributed by atoms with Crippen molar-refractivity contribution in [1.29, 1.82) is 0 Å². The Balaban J connectivity index is 1.89. The van der Waals surface area contributed by atoms with Crippen LogP contribution in [0.15, 0.2) is 30.3 Å². The van der Waals surface area contributed by atoms with Crippen molar-refractivity contribution in [3.8, 4) is 0 Å². The Morgan fingerprint density at radius 1 is 1.39 bits per heavy atom. The Hall–Kier alpha value is -1.35. The number of nitrogens with one attached hydrogen (secondary N) is 1. The first-order valence-corrected chi connectivity index (χ1v) is 6.83. The second kappa shape index (κ2) is 6.55. The van der Waals surface area contributed by atoms with Gasteiger partial charge >= 0.3 is 5.97 Å². The van der Waals surface area contributed by atoms with E-state index in [-0.39, 0.29) is 11.9 Å². The van der Waals surface area contributed by atoms with Gasteiger partial charge in [0.15, 0.2) is 0 Å². The minimum atomic E-state index is -0.0113. The lowest BCUT2D eigenvalue weighted by Gasteiger charge is -2.28. The molecule has 0 aliphatic carbocycles. The van der Waals surface area contributed by atoms with Gasteiger partial charge in [0, 0.05) is 5.56 Å². The number of hydrogen-bond acceptors (Lipinski definition) is 2. The van der Waals surface area contributed by atoms with E-state index >= 15 is 0 Å². The molecule has 0 saturated carbocycles. The van der Waals surface area contributed by atoms with Crippen molar-refractivity contribution in [2.75, 3.05) is 19.7 Å². The van der Waals surface area contributed by atoms with Crippen LogP contribution in [0.3, 0.4) is 0 Å². The maximum Gasteiger partial charge on any atom is 0.314 e. The molecular formula is C15H22NO2+. The number of ether oxygens (including phenoxy) is 1. The van der Waals surface area contributed by atoms with Gasteiger partial charge in [0.1, 0.15) is 12.5 Å². The van der Waals surface area contributed by atoms with Crippen molar-refractivity contribution < 1.29 is 14.4 Å². The van der Waals surface area contributed by atoms with Gasteiger partial charge in [-0.15, -0.1) is 0 Å². The summed E-state index contributed by atoms with van der Waals surface area (Å²) < 4.78 is 5.13. The molecule has 98 valence electrons. The summed E-state index contributed by atoms with van der Waals surface area (Å²) in [6.07, 6.45) is 2.10. The highest BCUT2D eigenvalue weighted by Gasteiger charge is 2.29. The van der Waals surface area contributed by atoms with Crippen LogP contribution in [-0.4, -0.2) is 25.7 Å². The Morgan fingerprint density at radius 3 is 2.89 bits per heavy atom. The van der Waals surface area contributed by atoms with E-state index < -0.39 is 0 Å². The molecule has 1 unspecified atom stereocenters. The molecule has 0 bridgehead atoms. The van der Waals surface area contributed by atoms with Gasteiger partial charge in [-0.1, -0.05) is 30.3 Å². The predicted octanol–water partition coefficient (Wildman–Crippen LogP) is 1.04. The monoisotopic (exact) mass is 248 g/mol. The van der Waals surface area contributed by atoms with Gasteiger partial charge in [-0.2, -0.15) is 0 Å². The molecule has 18 heavy (non-hydrogen) atoms. The van der Waals surface area contributed by atoms with Crippen molar-refractivity contribution >= 4 is 5.97 Å². The van der Waals surface area contributed by atoms with Gasteiger partial charge in [0.05, 0.1) is 19.7 Å². The lowest BCUT2D eigenvalue weighted by Crippen LogP contribution is -3.12. The Labute approximate surface area is 109 Å². The third-order valence-electron chi connectivity index (χ3n) is 3.53. The highest BCUT2D eigenvalue weighted by molar-refractivity contribution is 5.72. The van der Waals surface area contributed by atoms with Crippen LogP contribution in [0.1, 0.15) is 25.3 Å². The lowest BCUT2D eigenvalue weighted by atomic mass is 9.98. The van der Waals surface area contributed by atoms with Crippen LogP contribution in [0.5, 0.6) is 0 Å². The molecule has 1 fully saturated rings. The molecule has 0 radical (unpaired) electrons. The second-order valence-corrected chi connectivity index (χ2v) is 4.96. The smallest absolute Gasteiger partial charge is 0.314 e. The first-order chi connectivity index (χ1) is 8.79. The summed E-state index contributed by atoms with van der Waals surface area (Å²) in [7, 11) is 0. The van der Waals surface area contributed by atoms with E-state index in [9.17, 15) is 4.79 Å². The van der Waals surface area contributed by atoms with E-state index in [1.54, 1.807) is 0 Å². The molecule has 1 aliphatic heterocycles. The van der Waals surface area contributed by atoms with Gasteiger partial charge in [0.2, 0.25) is 0 Å². The van der Waals surface area contributed by atoms with Crippen molar-refractivity contribution in [3.05, 3.63) is 35.9 Å². The van der Waals surface area contributed by atoms with Gasteiger partial charge < -0.3 is 9.64 Å². The molecule has 0 aromatic heterocycles. The average molecular weight is 248 g/mol. The molecule has 2 atom stereocenters. The van der Waals surface area contributed by atoms with Crippen molar-refractivity contribution in [3.63, 3.8) is 0 Å². The summed E-state index contributed by atoms with van der Waals surface area (Å²) in [6, 6.07) is 10.5. The molecule has 0 amide bonds. The number of piperidine rings is 1. The standard InChI is InChI=1S/C15H21NO2/c1-2-18-15(17)14-9-6-10-16(12-14)11-13-7-4-3-5-8-13/h3-5,7-8,14H,2,6,9-12H2,1H3/p+1/t14-/m0/s1. The van der Waals surface area contributed by atoms with E-state index in [2.05, 4.69) is 24.3 Å². The van der Waals surface area contributed by atoms with Crippen molar-refractivity contribution in [2.45, 2.75) is 26.3 Å². The van der Waals surface area contributed by atoms with E-state index in [1.165, 1.54) is 10.5 Å². The highest BCUT2D eigenvalue weighted by atomic mass is 16.5. The number of carbonyl (C=O) groups excluding carboxylic acids is 1. The van der Waals surface area contributed by atoms with Gasteiger partial charge in [-0.3, -0.25) is 4.79 Å². The van der Waals surface area contributed by atoms with Gasteiger partial charge in [-0.25, -0.2) is 0 Å². The fourth-order valence-electron chi connectivity index (χ4n) is 2.66. The minimum absolute atomic E-state index is 0.0113. The quantitative estimate of drug-likeness (QED) is 0.807. The van der Waals surface area contributed by atoms with Crippen LogP contribution in [0, 0.1) is 5.92 Å². The predicted molar refractivity (Wildman–Crippen MR) is 70.2 cm³/mol. The summed E-state index contributed by atoms with van der Waals surface area (Å²) in [6.45, 7) is 5.44. The molecule has 1 aromatic carbocycles. The largest absolute Gasteiger partial charge is 0.466 e. The van der Waals surface area contributed by atoms with E-state index in [4.69, 9.17) is 4.74 Å². The maximum absolute atomic E-state index is 11.8. The third-order valence-corrected chi connectivity index (χ3v) is 3.53. The zero-order chi connectivity index (χ0) is 12.8. The molecular weight excluding hydrogens is 226 g/mol. The second-order valence-electron chi connectivity index (χ2n) is 4.96. The van der Waals surface area contributed by atoms with Crippen molar-refractivity contribution in [2.24, 2.45) is 5.92 Å². The number of benzene rings is 1. The summed E-state index contributed by atoms with van der Waals surface area (Å²) >= 11 is 0. The number of likely N-dealkylation sites (tertiary alicyclic amines) is 1. The first kappa shape index (κ1) is 13.1. The summed E-state index contributed by atoms with van der Waals surface area (Å²) in [4.78, 5) is 13.3. The molecule has 2 rings (SSSR count). The Kier molecular flexibility index (Phi) is 4.76. The first-order valence-electron chi connectivity index (χ1n) is 6.83. The zero-order valence-corrected chi connectivity index (χ0v) is 11.0. The number of hydrogen-bond donors (Lipinski definition) is 1. The Morgan fingerprint density at radius 2 is 2.17 bits per heavy atom. The average Bonchev–Trinajstić information content (AvgIpc) is 2.40. The number of carbonyl (C=O) groups is 1. The maximum atomic E-state index is 11.8. The fraction of sp³-hybridized carbons (Fsp3) is 0.533. The molecule has 3 nitrogen and oxygen atoms in total. The van der Waals surface area contributed by atoms with E-state index in [1.807, 2.05) is 13.0 Å². The van der Waals surface area contributed by atoms with Crippen LogP contribution in [0.2, 0.25) is 0 Å². The molecule has 1 saturated heterocycles. The van der Waals surface area contributed by atoms with Crippen LogP contribution in [-0.2, 0) is 16.1 Å². The Bertz CT molecular complexity index is 377. The number of quaternary nitrogens is 1. The third kappa shape index (κ3) is 3.57. The molecule has 3 heteroatoms. The topological polar surface area (TPSA) is 30.7 Å². The van der Waals surface area contributed by atoms with Crippen LogP contribution >= 0.6 is 0 Å².